The van der Waals surface area contributed by atoms with Crippen LogP contribution in [0.25, 0.3) is 0 Å². The second kappa shape index (κ2) is 10.2. The Bertz CT molecular complexity index is 676. The van der Waals surface area contributed by atoms with Gasteiger partial charge in [-0.25, -0.2) is 0 Å². The molecule has 1 saturated carbocycles. The molecule has 2 aromatic rings. The van der Waals surface area contributed by atoms with Crippen LogP contribution in [0, 0.1) is 5.92 Å². The number of carbonyl (C=O) groups is 1. The number of benzene rings is 2. The lowest BCUT2D eigenvalue weighted by atomic mass is 10.00. The summed E-state index contributed by atoms with van der Waals surface area (Å²) < 4.78 is 5.73. The number of hydrogen-bond acceptors (Lipinski definition) is 3. The second-order valence-corrected chi connectivity index (χ2v) is 6.75. The Hall–Kier alpha value is -2.04. The first-order valence-electron chi connectivity index (χ1n) is 8.98. The number of ether oxygens (including phenoxy) is 1. The van der Waals surface area contributed by atoms with Crippen molar-refractivity contribution >= 4 is 18.3 Å². The predicted molar refractivity (Wildman–Crippen MR) is 106 cm³/mol. The van der Waals surface area contributed by atoms with E-state index in [0.29, 0.717) is 25.5 Å². The van der Waals surface area contributed by atoms with Crippen LogP contribution in [0.1, 0.15) is 36.8 Å². The molecule has 1 aliphatic rings. The maximum absolute atomic E-state index is 12.1. The first kappa shape index (κ1) is 20.3. The summed E-state index contributed by atoms with van der Waals surface area (Å²) in [6.07, 6.45) is 3.81. The molecule has 140 valence electrons. The van der Waals surface area contributed by atoms with Gasteiger partial charge in [-0.3, -0.25) is 4.79 Å². The third-order valence-corrected chi connectivity index (χ3v) is 4.83. The van der Waals surface area contributed by atoms with E-state index in [9.17, 15) is 4.79 Å². The number of carbonyl (C=O) groups excluding carboxylic acids is 1. The van der Waals surface area contributed by atoms with Crippen LogP contribution in [-0.4, -0.2) is 11.9 Å². The smallest absolute Gasteiger partial charge is 0.220 e. The van der Waals surface area contributed by atoms with Crippen LogP contribution in [0.5, 0.6) is 5.75 Å². The summed E-state index contributed by atoms with van der Waals surface area (Å²) in [4.78, 5) is 12.1. The average molecular weight is 375 g/mol. The van der Waals surface area contributed by atoms with E-state index in [2.05, 4.69) is 5.32 Å². The molecule has 4 nitrogen and oxygen atoms in total. The molecule has 1 fully saturated rings. The summed E-state index contributed by atoms with van der Waals surface area (Å²) in [5.74, 6) is 1.31. The monoisotopic (exact) mass is 374 g/mol. The highest BCUT2D eigenvalue weighted by molar-refractivity contribution is 5.85. The Morgan fingerprint density at radius 1 is 1.04 bits per heavy atom. The Morgan fingerprint density at radius 3 is 2.38 bits per heavy atom. The topological polar surface area (TPSA) is 64.4 Å². The van der Waals surface area contributed by atoms with Crippen molar-refractivity contribution in [1.82, 2.24) is 5.32 Å². The molecular weight excluding hydrogens is 348 g/mol. The zero-order valence-corrected chi connectivity index (χ0v) is 15.7. The van der Waals surface area contributed by atoms with Crippen molar-refractivity contribution < 1.29 is 9.53 Å². The Kier molecular flexibility index (Phi) is 7.95. The predicted octanol–water partition coefficient (Wildman–Crippen LogP) is 3.82. The molecule has 1 aliphatic carbocycles. The third kappa shape index (κ3) is 6.04. The van der Waals surface area contributed by atoms with Crippen molar-refractivity contribution in [2.75, 3.05) is 0 Å². The molecule has 3 N–H and O–H groups in total. The number of amides is 1. The van der Waals surface area contributed by atoms with Crippen molar-refractivity contribution in [3.05, 3.63) is 65.7 Å². The van der Waals surface area contributed by atoms with Gasteiger partial charge in [0, 0.05) is 19.0 Å². The molecule has 0 bridgehead atoms. The third-order valence-electron chi connectivity index (χ3n) is 4.83. The largest absolute Gasteiger partial charge is 0.489 e. The molecule has 2 aromatic carbocycles. The van der Waals surface area contributed by atoms with Gasteiger partial charge in [0.2, 0.25) is 5.91 Å². The summed E-state index contributed by atoms with van der Waals surface area (Å²) >= 11 is 0. The number of rotatable bonds is 7. The van der Waals surface area contributed by atoms with E-state index in [1.807, 2.05) is 54.6 Å². The summed E-state index contributed by atoms with van der Waals surface area (Å²) in [5, 5.41) is 3.00. The first-order valence-corrected chi connectivity index (χ1v) is 8.98. The van der Waals surface area contributed by atoms with Crippen LogP contribution in [0.2, 0.25) is 0 Å². The van der Waals surface area contributed by atoms with Crippen LogP contribution in [0.15, 0.2) is 54.6 Å². The molecule has 0 aromatic heterocycles. The minimum Gasteiger partial charge on any atom is -0.489 e. The van der Waals surface area contributed by atoms with Gasteiger partial charge >= 0.3 is 0 Å². The highest BCUT2D eigenvalue weighted by Crippen LogP contribution is 2.26. The van der Waals surface area contributed by atoms with Gasteiger partial charge in [0.05, 0.1) is 0 Å². The molecule has 0 aliphatic heterocycles. The second-order valence-electron chi connectivity index (χ2n) is 6.75. The van der Waals surface area contributed by atoms with Crippen molar-refractivity contribution in [1.29, 1.82) is 0 Å². The van der Waals surface area contributed by atoms with E-state index < -0.39 is 0 Å². The van der Waals surface area contributed by atoms with Gasteiger partial charge in [0.1, 0.15) is 12.4 Å². The van der Waals surface area contributed by atoms with Crippen molar-refractivity contribution in [3.63, 3.8) is 0 Å². The highest BCUT2D eigenvalue weighted by atomic mass is 35.5. The fourth-order valence-electron chi connectivity index (χ4n) is 3.27. The lowest BCUT2D eigenvalue weighted by Crippen LogP contribution is -2.31. The maximum Gasteiger partial charge on any atom is 0.220 e. The fraction of sp³-hybridized carbons (Fsp3) is 0.381. The van der Waals surface area contributed by atoms with Gasteiger partial charge < -0.3 is 15.8 Å². The molecule has 0 unspecified atom stereocenters. The molecule has 1 amide bonds. The maximum atomic E-state index is 12.1. The average Bonchev–Trinajstić information content (AvgIpc) is 3.04. The number of para-hydroxylation sites is 1. The van der Waals surface area contributed by atoms with Gasteiger partial charge in [0.25, 0.3) is 0 Å². The Labute approximate surface area is 161 Å². The zero-order chi connectivity index (χ0) is 17.5. The molecule has 0 spiro atoms. The van der Waals surface area contributed by atoms with Crippen LogP contribution in [0.4, 0.5) is 0 Å². The van der Waals surface area contributed by atoms with Crippen LogP contribution < -0.4 is 15.8 Å². The molecule has 0 saturated heterocycles. The number of nitrogens with two attached hydrogens (primary N) is 1. The van der Waals surface area contributed by atoms with Crippen LogP contribution in [0.3, 0.4) is 0 Å². The van der Waals surface area contributed by atoms with Crippen molar-refractivity contribution in [2.24, 2.45) is 11.7 Å². The number of halogens is 1. The van der Waals surface area contributed by atoms with Crippen molar-refractivity contribution in [2.45, 2.75) is 44.9 Å². The van der Waals surface area contributed by atoms with Gasteiger partial charge in [-0.1, -0.05) is 48.9 Å². The molecule has 2 atom stereocenters. The fourth-order valence-corrected chi connectivity index (χ4v) is 3.27. The molecule has 5 heteroatoms. The summed E-state index contributed by atoms with van der Waals surface area (Å²) in [6, 6.07) is 18.1. The lowest BCUT2D eigenvalue weighted by Gasteiger charge is -2.14. The number of hydrogen-bond donors (Lipinski definition) is 2. The van der Waals surface area contributed by atoms with E-state index in [1.54, 1.807) is 0 Å². The Morgan fingerprint density at radius 2 is 1.73 bits per heavy atom. The van der Waals surface area contributed by atoms with Gasteiger partial charge in [-0.2, -0.15) is 0 Å². The minimum absolute atomic E-state index is 0. The summed E-state index contributed by atoms with van der Waals surface area (Å²) in [7, 11) is 0. The van der Waals surface area contributed by atoms with E-state index in [-0.39, 0.29) is 24.4 Å². The lowest BCUT2D eigenvalue weighted by molar-refractivity contribution is -0.122. The number of nitrogens with one attached hydrogen (secondary N) is 1. The van der Waals surface area contributed by atoms with Gasteiger partial charge in [-0.05, 0) is 42.0 Å². The molecule has 0 radical (unpaired) electrons. The van der Waals surface area contributed by atoms with Crippen LogP contribution >= 0.6 is 12.4 Å². The zero-order valence-electron chi connectivity index (χ0n) is 14.9. The standard InChI is InChI=1S/C21H26N2O2.ClH/c22-20-8-4-5-18(20)13-21(24)23-14-16-9-11-17(12-10-16)15-25-19-6-2-1-3-7-19;/h1-3,6-7,9-12,18,20H,4-5,8,13-15,22H2,(H,23,24);1H/t18-,20+;/m0./s1. The van der Waals surface area contributed by atoms with Gasteiger partial charge in [-0.15, -0.1) is 12.4 Å². The van der Waals surface area contributed by atoms with Crippen LogP contribution in [-0.2, 0) is 17.9 Å². The summed E-state index contributed by atoms with van der Waals surface area (Å²) in [6.45, 7) is 1.09. The molecule has 26 heavy (non-hydrogen) atoms. The first-order chi connectivity index (χ1) is 12.2. The minimum atomic E-state index is 0. The molecular formula is C21H27ClN2O2. The van der Waals surface area contributed by atoms with E-state index in [0.717, 1.165) is 36.1 Å². The Balaban J connectivity index is 0.00000243. The highest BCUT2D eigenvalue weighted by Gasteiger charge is 2.25. The normalized spacial score (nSPS) is 18.8. The van der Waals surface area contributed by atoms with Crippen molar-refractivity contribution in [3.8, 4) is 5.75 Å². The molecule has 3 rings (SSSR count). The van der Waals surface area contributed by atoms with E-state index in [4.69, 9.17) is 10.5 Å². The molecule has 0 heterocycles. The quantitative estimate of drug-likeness (QED) is 0.774. The SMILES string of the molecule is Cl.N[C@@H]1CCC[C@H]1CC(=O)NCc1ccc(COc2ccccc2)cc1. The summed E-state index contributed by atoms with van der Waals surface area (Å²) in [5.41, 5.74) is 8.23. The van der Waals surface area contributed by atoms with Gasteiger partial charge in [0.15, 0.2) is 0 Å². The van der Waals surface area contributed by atoms with E-state index in [1.165, 1.54) is 0 Å². The van der Waals surface area contributed by atoms with E-state index >= 15 is 0 Å².